The van der Waals surface area contributed by atoms with Gasteiger partial charge in [0.1, 0.15) is 6.04 Å². The van der Waals surface area contributed by atoms with Crippen molar-refractivity contribution in [2.75, 3.05) is 25.1 Å². The average molecular weight is 235 g/mol. The molecule has 0 spiro atoms. The number of carboxylic acid groups (broad SMARTS) is 1. The van der Waals surface area contributed by atoms with Gasteiger partial charge in [0.15, 0.2) is 0 Å². The second-order valence-electron chi connectivity index (χ2n) is 2.86. The summed E-state index contributed by atoms with van der Waals surface area (Å²) in [5.74, 6) is -0.333. The molecule has 0 aromatic rings. The van der Waals surface area contributed by atoms with E-state index in [0.29, 0.717) is 25.3 Å². The number of carbonyl (C=O) groups is 2. The van der Waals surface area contributed by atoms with Crippen LogP contribution in [0.15, 0.2) is 0 Å². The SMILES string of the molecule is CSCC[C@H](NC(=O)NCCN)C(=O)O. The van der Waals surface area contributed by atoms with Crippen LogP contribution in [0.5, 0.6) is 0 Å². The van der Waals surface area contributed by atoms with E-state index < -0.39 is 18.0 Å². The monoisotopic (exact) mass is 235 g/mol. The van der Waals surface area contributed by atoms with Crippen molar-refractivity contribution >= 4 is 23.8 Å². The van der Waals surface area contributed by atoms with E-state index in [9.17, 15) is 9.59 Å². The lowest BCUT2D eigenvalue weighted by Crippen LogP contribution is -2.47. The highest BCUT2D eigenvalue weighted by Crippen LogP contribution is 2.00. The van der Waals surface area contributed by atoms with Crippen molar-refractivity contribution in [3.8, 4) is 0 Å². The Morgan fingerprint density at radius 3 is 2.67 bits per heavy atom. The van der Waals surface area contributed by atoms with Crippen LogP contribution in [0.2, 0.25) is 0 Å². The molecule has 0 aliphatic heterocycles. The quantitative estimate of drug-likeness (QED) is 0.474. The molecule has 0 rings (SSSR count). The first-order chi connectivity index (χ1) is 7.11. The van der Waals surface area contributed by atoms with Gasteiger partial charge in [0, 0.05) is 13.1 Å². The van der Waals surface area contributed by atoms with Crippen LogP contribution in [0, 0.1) is 0 Å². The van der Waals surface area contributed by atoms with Crippen molar-refractivity contribution < 1.29 is 14.7 Å². The molecule has 0 saturated heterocycles. The van der Waals surface area contributed by atoms with Gasteiger partial charge in [-0.05, 0) is 18.4 Å². The lowest BCUT2D eigenvalue weighted by Gasteiger charge is -2.14. The minimum atomic E-state index is -1.02. The van der Waals surface area contributed by atoms with E-state index in [1.165, 1.54) is 11.8 Å². The molecule has 0 saturated carbocycles. The second kappa shape index (κ2) is 8.37. The summed E-state index contributed by atoms with van der Waals surface area (Å²) in [5.41, 5.74) is 5.19. The Morgan fingerprint density at radius 1 is 1.53 bits per heavy atom. The van der Waals surface area contributed by atoms with Gasteiger partial charge in [-0.1, -0.05) is 0 Å². The first-order valence-corrected chi connectivity index (χ1v) is 5.97. The van der Waals surface area contributed by atoms with Crippen molar-refractivity contribution in [2.24, 2.45) is 5.73 Å². The van der Waals surface area contributed by atoms with Crippen LogP contribution < -0.4 is 16.4 Å². The number of hydrogen-bond acceptors (Lipinski definition) is 4. The van der Waals surface area contributed by atoms with Gasteiger partial charge >= 0.3 is 12.0 Å². The van der Waals surface area contributed by atoms with Crippen molar-refractivity contribution in [1.82, 2.24) is 10.6 Å². The number of hydrogen-bond donors (Lipinski definition) is 4. The topological polar surface area (TPSA) is 104 Å². The Bertz CT molecular complexity index is 213. The van der Waals surface area contributed by atoms with E-state index in [2.05, 4.69) is 10.6 Å². The summed E-state index contributed by atoms with van der Waals surface area (Å²) in [6.45, 7) is 0.663. The van der Waals surface area contributed by atoms with Gasteiger partial charge < -0.3 is 21.5 Å². The molecular formula is C8H17N3O3S. The van der Waals surface area contributed by atoms with E-state index in [1.54, 1.807) is 0 Å². The van der Waals surface area contributed by atoms with Crippen molar-refractivity contribution in [2.45, 2.75) is 12.5 Å². The zero-order chi connectivity index (χ0) is 11.7. The molecule has 88 valence electrons. The van der Waals surface area contributed by atoms with E-state index in [0.717, 1.165) is 0 Å². The first-order valence-electron chi connectivity index (χ1n) is 4.58. The molecule has 0 radical (unpaired) electrons. The summed E-state index contributed by atoms with van der Waals surface area (Å²) in [4.78, 5) is 21.9. The van der Waals surface area contributed by atoms with Crippen LogP contribution in [-0.2, 0) is 4.79 Å². The van der Waals surface area contributed by atoms with Gasteiger partial charge in [0.25, 0.3) is 0 Å². The average Bonchev–Trinajstić information content (AvgIpc) is 2.20. The molecule has 6 nitrogen and oxygen atoms in total. The fourth-order valence-corrected chi connectivity index (χ4v) is 1.36. The molecule has 0 unspecified atom stereocenters. The molecule has 5 N–H and O–H groups in total. The normalized spacial score (nSPS) is 11.9. The Hall–Kier alpha value is -0.950. The van der Waals surface area contributed by atoms with Gasteiger partial charge in [0.05, 0.1) is 0 Å². The Balaban J connectivity index is 3.93. The summed E-state index contributed by atoms with van der Waals surface area (Å²) < 4.78 is 0. The van der Waals surface area contributed by atoms with Crippen molar-refractivity contribution in [3.63, 3.8) is 0 Å². The summed E-state index contributed by atoms with van der Waals surface area (Å²) in [6.07, 6.45) is 2.29. The summed E-state index contributed by atoms with van der Waals surface area (Å²) >= 11 is 1.54. The van der Waals surface area contributed by atoms with Crippen LogP contribution >= 0.6 is 11.8 Å². The fraction of sp³-hybridized carbons (Fsp3) is 0.750. The summed E-state index contributed by atoms with van der Waals surface area (Å²) in [7, 11) is 0. The predicted octanol–water partition coefficient (Wildman–Crippen LogP) is -0.549. The number of aliphatic carboxylic acids is 1. The molecule has 1 atom stereocenters. The lowest BCUT2D eigenvalue weighted by atomic mass is 10.2. The minimum Gasteiger partial charge on any atom is -0.480 e. The van der Waals surface area contributed by atoms with Gasteiger partial charge in [0.2, 0.25) is 0 Å². The molecule has 15 heavy (non-hydrogen) atoms. The van der Waals surface area contributed by atoms with E-state index in [1.807, 2.05) is 6.26 Å². The minimum absolute atomic E-state index is 0.329. The fourth-order valence-electron chi connectivity index (χ4n) is 0.888. The Kier molecular flexibility index (Phi) is 7.84. The second-order valence-corrected chi connectivity index (χ2v) is 3.85. The molecule has 0 aliphatic rings. The van der Waals surface area contributed by atoms with Crippen molar-refractivity contribution in [3.05, 3.63) is 0 Å². The van der Waals surface area contributed by atoms with Gasteiger partial charge in [-0.25, -0.2) is 9.59 Å². The maximum absolute atomic E-state index is 11.1. The lowest BCUT2D eigenvalue weighted by molar-refractivity contribution is -0.139. The van der Waals surface area contributed by atoms with Gasteiger partial charge in [-0.15, -0.1) is 0 Å². The highest BCUT2D eigenvalue weighted by Gasteiger charge is 2.18. The van der Waals surface area contributed by atoms with Crippen LogP contribution in [0.25, 0.3) is 0 Å². The molecule has 0 aromatic heterocycles. The standard InChI is InChI=1S/C8H17N3O3S/c1-15-5-2-6(7(12)13)11-8(14)10-4-3-9/h6H,2-5,9H2,1H3,(H,12,13)(H2,10,11,14)/t6-/m0/s1. The summed E-state index contributed by atoms with van der Waals surface area (Å²) in [6, 6.07) is -1.33. The van der Waals surface area contributed by atoms with Crippen LogP contribution in [0.1, 0.15) is 6.42 Å². The number of rotatable bonds is 7. The first kappa shape index (κ1) is 14.1. The van der Waals surface area contributed by atoms with E-state index in [4.69, 9.17) is 10.8 Å². The maximum Gasteiger partial charge on any atom is 0.326 e. The molecule has 7 heteroatoms. The molecule has 0 fully saturated rings. The van der Waals surface area contributed by atoms with E-state index in [-0.39, 0.29) is 0 Å². The van der Waals surface area contributed by atoms with Crippen molar-refractivity contribution in [1.29, 1.82) is 0 Å². The number of carboxylic acids is 1. The van der Waals surface area contributed by atoms with E-state index >= 15 is 0 Å². The number of amides is 2. The van der Waals surface area contributed by atoms with Gasteiger partial charge in [-0.3, -0.25) is 0 Å². The third kappa shape index (κ3) is 7.03. The number of carbonyl (C=O) groups excluding carboxylic acids is 1. The maximum atomic E-state index is 11.1. The number of thioether (sulfide) groups is 1. The Labute approximate surface area is 93.0 Å². The zero-order valence-electron chi connectivity index (χ0n) is 8.66. The Morgan fingerprint density at radius 2 is 2.20 bits per heavy atom. The third-order valence-corrected chi connectivity index (χ3v) is 2.29. The molecular weight excluding hydrogens is 218 g/mol. The molecule has 0 aliphatic carbocycles. The highest BCUT2D eigenvalue weighted by atomic mass is 32.2. The van der Waals surface area contributed by atoms with Crippen LogP contribution in [0.4, 0.5) is 4.79 Å². The molecule has 2 amide bonds. The third-order valence-electron chi connectivity index (χ3n) is 1.64. The molecule has 0 aromatic carbocycles. The largest absolute Gasteiger partial charge is 0.480 e. The molecule has 0 heterocycles. The zero-order valence-corrected chi connectivity index (χ0v) is 9.47. The van der Waals surface area contributed by atoms with Crippen LogP contribution in [-0.4, -0.2) is 48.2 Å². The predicted molar refractivity (Wildman–Crippen MR) is 60.0 cm³/mol. The molecule has 0 bridgehead atoms. The summed E-state index contributed by atoms with van der Waals surface area (Å²) in [5, 5.41) is 13.6. The number of urea groups is 1. The number of nitrogens with one attached hydrogen (secondary N) is 2. The van der Waals surface area contributed by atoms with Gasteiger partial charge in [-0.2, -0.15) is 11.8 Å². The highest BCUT2D eigenvalue weighted by molar-refractivity contribution is 7.98. The smallest absolute Gasteiger partial charge is 0.326 e. The number of nitrogens with two attached hydrogens (primary N) is 1. The van der Waals surface area contributed by atoms with Crippen LogP contribution in [0.3, 0.4) is 0 Å².